The van der Waals surface area contributed by atoms with Crippen molar-refractivity contribution in [2.75, 3.05) is 51.5 Å². The predicted molar refractivity (Wildman–Crippen MR) is 92.4 cm³/mol. The van der Waals surface area contributed by atoms with E-state index >= 15 is 0 Å². The van der Waals surface area contributed by atoms with Crippen LogP contribution in [0.2, 0.25) is 0 Å². The lowest BCUT2D eigenvalue weighted by atomic mass is 9.95. The summed E-state index contributed by atoms with van der Waals surface area (Å²) in [5.74, 6) is 2.78. The molecule has 2 fully saturated rings. The zero-order valence-electron chi connectivity index (χ0n) is 13.5. The molecule has 2 aliphatic rings. The third-order valence-corrected chi connectivity index (χ3v) is 5.93. The van der Waals surface area contributed by atoms with Crippen LogP contribution in [0.1, 0.15) is 16.8 Å². The molecule has 1 N–H and O–H groups in total. The third-order valence-electron chi connectivity index (χ3n) is 4.69. The summed E-state index contributed by atoms with van der Waals surface area (Å²) < 4.78 is 10.8. The topological polar surface area (TPSA) is 50.8 Å². The Morgan fingerprint density at radius 3 is 2.87 bits per heavy atom. The van der Waals surface area contributed by atoms with Gasteiger partial charge in [-0.3, -0.25) is 9.69 Å². The molecule has 126 valence electrons. The van der Waals surface area contributed by atoms with Gasteiger partial charge in [0.2, 0.25) is 0 Å². The molecule has 2 saturated heterocycles. The van der Waals surface area contributed by atoms with Crippen LogP contribution in [0.5, 0.6) is 5.75 Å². The largest absolute Gasteiger partial charge is 0.496 e. The number of thioether (sulfide) groups is 1. The normalized spacial score (nSPS) is 25.3. The average molecular weight is 336 g/mol. The minimum atomic E-state index is -0.0630. The number of nitrogens with one attached hydrogen (secondary N) is 1. The summed E-state index contributed by atoms with van der Waals surface area (Å²) in [5, 5.41) is 3.14. The van der Waals surface area contributed by atoms with E-state index in [2.05, 4.69) is 10.2 Å². The van der Waals surface area contributed by atoms with Crippen molar-refractivity contribution in [3.05, 3.63) is 29.8 Å². The average Bonchev–Trinajstić information content (AvgIpc) is 3.10. The van der Waals surface area contributed by atoms with Crippen molar-refractivity contribution in [2.45, 2.75) is 12.0 Å². The van der Waals surface area contributed by atoms with Crippen LogP contribution >= 0.6 is 11.8 Å². The molecule has 1 atom stereocenters. The number of carbonyl (C=O) groups is 1. The summed E-state index contributed by atoms with van der Waals surface area (Å²) in [4.78, 5) is 15.1. The van der Waals surface area contributed by atoms with Gasteiger partial charge in [-0.2, -0.15) is 11.8 Å². The van der Waals surface area contributed by atoms with Crippen LogP contribution in [0.3, 0.4) is 0 Å². The van der Waals surface area contributed by atoms with Crippen LogP contribution in [-0.4, -0.2) is 67.8 Å². The molecular weight excluding hydrogens is 312 g/mol. The minimum Gasteiger partial charge on any atom is -0.496 e. The Morgan fingerprint density at radius 1 is 1.39 bits per heavy atom. The van der Waals surface area contributed by atoms with Crippen LogP contribution < -0.4 is 10.1 Å². The maximum Gasteiger partial charge on any atom is 0.255 e. The molecule has 0 unspecified atom stereocenters. The van der Waals surface area contributed by atoms with Gasteiger partial charge < -0.3 is 14.8 Å². The molecule has 6 heteroatoms. The maximum atomic E-state index is 12.6. The molecule has 0 aromatic heterocycles. The van der Waals surface area contributed by atoms with Crippen molar-refractivity contribution >= 4 is 17.7 Å². The molecule has 0 bridgehead atoms. The quantitative estimate of drug-likeness (QED) is 0.886. The number of ether oxygens (including phenoxy) is 2. The fraction of sp³-hybridized carbons (Fsp3) is 0.588. The molecule has 23 heavy (non-hydrogen) atoms. The summed E-state index contributed by atoms with van der Waals surface area (Å²) in [6, 6.07) is 7.36. The van der Waals surface area contributed by atoms with E-state index in [-0.39, 0.29) is 11.4 Å². The van der Waals surface area contributed by atoms with Gasteiger partial charge in [0.25, 0.3) is 5.91 Å². The van der Waals surface area contributed by atoms with Crippen molar-refractivity contribution in [2.24, 2.45) is 0 Å². The molecule has 2 heterocycles. The lowest BCUT2D eigenvalue weighted by Crippen LogP contribution is -2.59. The first-order valence-electron chi connectivity index (χ1n) is 8.07. The molecule has 3 rings (SSSR count). The molecule has 0 spiro atoms. The molecule has 1 amide bonds. The molecule has 1 aromatic carbocycles. The Labute approximate surface area is 141 Å². The summed E-state index contributed by atoms with van der Waals surface area (Å²) >= 11 is 1.97. The first-order valence-corrected chi connectivity index (χ1v) is 9.22. The Balaban J connectivity index is 1.68. The summed E-state index contributed by atoms with van der Waals surface area (Å²) in [6.07, 6.45) is 1.11. The van der Waals surface area contributed by atoms with Gasteiger partial charge in [0.05, 0.1) is 25.9 Å². The van der Waals surface area contributed by atoms with Gasteiger partial charge in [-0.15, -0.1) is 0 Å². The van der Waals surface area contributed by atoms with E-state index in [9.17, 15) is 4.79 Å². The van der Waals surface area contributed by atoms with E-state index in [0.717, 1.165) is 44.2 Å². The van der Waals surface area contributed by atoms with Crippen LogP contribution in [0.25, 0.3) is 0 Å². The highest BCUT2D eigenvalue weighted by molar-refractivity contribution is 7.99. The zero-order chi connectivity index (χ0) is 16.1. The van der Waals surface area contributed by atoms with Crippen molar-refractivity contribution in [3.8, 4) is 5.75 Å². The first-order chi connectivity index (χ1) is 11.2. The van der Waals surface area contributed by atoms with Crippen LogP contribution in [0.15, 0.2) is 24.3 Å². The summed E-state index contributed by atoms with van der Waals surface area (Å²) in [6.45, 7) is 4.15. The highest BCUT2D eigenvalue weighted by atomic mass is 32.2. The molecule has 1 aromatic rings. The van der Waals surface area contributed by atoms with E-state index < -0.39 is 0 Å². The molecular formula is C17H24N2O3S. The number of hydrogen-bond donors (Lipinski definition) is 1. The van der Waals surface area contributed by atoms with Gasteiger partial charge in [0.1, 0.15) is 5.75 Å². The highest BCUT2D eigenvalue weighted by Crippen LogP contribution is 2.33. The summed E-state index contributed by atoms with van der Waals surface area (Å²) in [5.41, 5.74) is 0.657. The number of amides is 1. The minimum absolute atomic E-state index is 0.0616. The number of nitrogens with zero attached hydrogens (tertiary/aromatic N) is 1. The van der Waals surface area contributed by atoms with Crippen molar-refractivity contribution < 1.29 is 14.3 Å². The number of carbonyl (C=O) groups excluding carboxylic acids is 1. The SMILES string of the molecule is COc1ccccc1C(=O)NC[C@]1(N2CCOCC2)CCSC1. The van der Waals surface area contributed by atoms with E-state index in [1.54, 1.807) is 13.2 Å². The number of benzene rings is 1. The van der Waals surface area contributed by atoms with Gasteiger partial charge in [0, 0.05) is 30.9 Å². The predicted octanol–water partition coefficient (Wildman–Crippen LogP) is 1.63. The molecule has 0 aliphatic carbocycles. The monoisotopic (exact) mass is 336 g/mol. The van der Waals surface area contributed by atoms with Crippen molar-refractivity contribution in [3.63, 3.8) is 0 Å². The molecule has 2 aliphatic heterocycles. The van der Waals surface area contributed by atoms with Gasteiger partial charge in [-0.1, -0.05) is 12.1 Å². The molecule has 0 saturated carbocycles. The van der Waals surface area contributed by atoms with Crippen LogP contribution in [0.4, 0.5) is 0 Å². The van der Waals surface area contributed by atoms with Crippen molar-refractivity contribution in [1.82, 2.24) is 10.2 Å². The highest BCUT2D eigenvalue weighted by Gasteiger charge is 2.40. The fourth-order valence-corrected chi connectivity index (χ4v) is 4.78. The van der Waals surface area contributed by atoms with Gasteiger partial charge in [0.15, 0.2) is 0 Å². The van der Waals surface area contributed by atoms with Gasteiger partial charge in [-0.05, 0) is 24.3 Å². The number of hydrogen-bond acceptors (Lipinski definition) is 5. The standard InChI is InChI=1S/C17H24N2O3S/c1-21-15-5-3-2-4-14(15)16(20)18-12-17(6-11-23-13-17)19-7-9-22-10-8-19/h2-5H,6-13H2,1H3,(H,18,20)/t17-/m1/s1. The first kappa shape index (κ1) is 16.6. The maximum absolute atomic E-state index is 12.6. The van der Waals surface area contributed by atoms with Gasteiger partial charge >= 0.3 is 0 Å². The number of morpholine rings is 1. The van der Waals surface area contributed by atoms with Crippen molar-refractivity contribution in [1.29, 1.82) is 0 Å². The Kier molecular flexibility index (Phi) is 5.46. The smallest absolute Gasteiger partial charge is 0.255 e. The number of rotatable bonds is 5. The lowest BCUT2D eigenvalue weighted by Gasteiger charge is -2.43. The Hall–Kier alpha value is -1.24. The van der Waals surface area contributed by atoms with Crippen LogP contribution in [0, 0.1) is 0 Å². The lowest BCUT2D eigenvalue weighted by molar-refractivity contribution is -0.0129. The van der Waals surface area contributed by atoms with E-state index in [0.29, 0.717) is 17.9 Å². The van der Waals surface area contributed by atoms with Crippen LogP contribution in [-0.2, 0) is 4.74 Å². The summed E-state index contributed by atoms with van der Waals surface area (Å²) in [7, 11) is 1.59. The second kappa shape index (κ2) is 7.55. The zero-order valence-corrected chi connectivity index (χ0v) is 14.4. The second-order valence-electron chi connectivity index (χ2n) is 6.01. The second-order valence-corrected chi connectivity index (χ2v) is 7.11. The third kappa shape index (κ3) is 3.65. The van der Waals surface area contributed by atoms with E-state index in [1.807, 2.05) is 30.0 Å². The van der Waals surface area contributed by atoms with E-state index in [4.69, 9.17) is 9.47 Å². The van der Waals surface area contributed by atoms with E-state index in [1.165, 1.54) is 0 Å². The Morgan fingerprint density at radius 2 is 2.17 bits per heavy atom. The number of methoxy groups -OCH3 is 1. The Bertz CT molecular complexity index is 540. The number of para-hydroxylation sites is 1. The fourth-order valence-electron chi connectivity index (χ4n) is 3.31. The van der Waals surface area contributed by atoms with Gasteiger partial charge in [-0.25, -0.2) is 0 Å². The molecule has 0 radical (unpaired) electrons. The molecule has 5 nitrogen and oxygen atoms in total.